The number of aromatic carboxylic acids is 1. The number of rotatable bonds is 4. The first-order valence-corrected chi connectivity index (χ1v) is 7.63. The first kappa shape index (κ1) is 15.7. The van der Waals surface area contributed by atoms with Crippen molar-refractivity contribution in [2.75, 3.05) is 0 Å². The van der Waals surface area contributed by atoms with Crippen molar-refractivity contribution in [1.29, 1.82) is 0 Å². The minimum absolute atomic E-state index is 0.0415. The Bertz CT molecular complexity index is 745. The molecule has 0 radical (unpaired) electrons. The summed E-state index contributed by atoms with van der Waals surface area (Å²) in [7, 11) is 0. The molecule has 0 spiro atoms. The van der Waals surface area contributed by atoms with E-state index in [1.54, 1.807) is 13.8 Å². The van der Waals surface area contributed by atoms with Crippen LogP contribution in [-0.4, -0.2) is 21.0 Å². The molecule has 1 N–H and O–H groups in total. The number of hydrogen-bond acceptors (Lipinski definition) is 6. The van der Waals surface area contributed by atoms with Gasteiger partial charge >= 0.3 is 5.97 Å². The van der Waals surface area contributed by atoms with Gasteiger partial charge in [0, 0.05) is 11.0 Å². The van der Waals surface area contributed by atoms with Gasteiger partial charge in [0.25, 0.3) is 5.69 Å². The van der Waals surface area contributed by atoms with Crippen molar-refractivity contribution in [2.24, 2.45) is 0 Å². The van der Waals surface area contributed by atoms with Gasteiger partial charge < -0.3 is 5.11 Å². The highest BCUT2D eigenvalue weighted by molar-refractivity contribution is 8.01. The van der Waals surface area contributed by atoms with Crippen LogP contribution in [0.25, 0.3) is 0 Å². The third-order valence-electron chi connectivity index (χ3n) is 2.61. The first-order chi connectivity index (χ1) is 9.79. The van der Waals surface area contributed by atoms with Gasteiger partial charge in [-0.15, -0.1) is 11.3 Å². The second-order valence-corrected chi connectivity index (χ2v) is 6.82. The van der Waals surface area contributed by atoms with Gasteiger partial charge in [-0.3, -0.25) is 10.1 Å². The summed E-state index contributed by atoms with van der Waals surface area (Å²) >= 11 is 8.18. The Morgan fingerprint density at radius 3 is 2.67 bits per heavy atom. The van der Waals surface area contributed by atoms with Crippen LogP contribution in [0.3, 0.4) is 0 Å². The smallest absolute Gasteiger partial charge is 0.347 e. The molecule has 2 rings (SSSR count). The van der Waals surface area contributed by atoms with Crippen molar-refractivity contribution in [3.05, 3.63) is 43.4 Å². The molecule has 2 aromatic rings. The van der Waals surface area contributed by atoms with Crippen LogP contribution in [0.5, 0.6) is 0 Å². The molecular weight excluding hydrogens is 336 g/mol. The Kier molecular flexibility index (Phi) is 4.50. The zero-order chi connectivity index (χ0) is 15.7. The minimum atomic E-state index is -1.02. The maximum atomic E-state index is 11.0. The van der Waals surface area contributed by atoms with Crippen LogP contribution in [0.1, 0.15) is 20.9 Å². The standard InChI is InChI=1S/C12H9ClN2O4S2/c1-5-3-8(15(18)19)7(13)4-9(5)20-12-14-6(2)10(21-12)11(16)17/h3-4H,1-2H3,(H,16,17). The number of carboxylic acid groups (broad SMARTS) is 1. The third kappa shape index (κ3) is 3.34. The summed E-state index contributed by atoms with van der Waals surface area (Å²) < 4.78 is 0.554. The van der Waals surface area contributed by atoms with Gasteiger partial charge in [0.2, 0.25) is 0 Å². The lowest BCUT2D eigenvalue weighted by Gasteiger charge is -2.04. The van der Waals surface area contributed by atoms with Crippen LogP contribution in [-0.2, 0) is 0 Å². The largest absolute Gasteiger partial charge is 0.477 e. The number of carbonyl (C=O) groups is 1. The van der Waals surface area contributed by atoms with E-state index in [0.717, 1.165) is 11.3 Å². The average Bonchev–Trinajstić information content (AvgIpc) is 2.74. The lowest BCUT2D eigenvalue weighted by atomic mass is 10.2. The van der Waals surface area contributed by atoms with E-state index in [9.17, 15) is 14.9 Å². The zero-order valence-corrected chi connectivity index (χ0v) is 13.3. The van der Waals surface area contributed by atoms with Gasteiger partial charge in [-0.25, -0.2) is 9.78 Å². The van der Waals surface area contributed by atoms with Crippen LogP contribution in [0.4, 0.5) is 5.69 Å². The Hall–Kier alpha value is -1.64. The Morgan fingerprint density at radius 2 is 2.14 bits per heavy atom. The molecule has 0 amide bonds. The Morgan fingerprint density at radius 1 is 1.48 bits per heavy atom. The van der Waals surface area contributed by atoms with Crippen molar-refractivity contribution >= 4 is 46.4 Å². The molecule has 0 aliphatic rings. The number of aryl methyl sites for hydroxylation is 2. The summed E-state index contributed by atoms with van der Waals surface area (Å²) in [6.45, 7) is 3.35. The second-order valence-electron chi connectivity index (χ2n) is 4.13. The van der Waals surface area contributed by atoms with E-state index in [1.807, 2.05) is 0 Å². The molecule has 110 valence electrons. The minimum Gasteiger partial charge on any atom is -0.477 e. The SMILES string of the molecule is Cc1cc([N+](=O)[O-])c(Cl)cc1Sc1nc(C)c(C(=O)O)s1. The zero-order valence-electron chi connectivity index (χ0n) is 10.9. The molecule has 6 nitrogen and oxygen atoms in total. The van der Waals surface area contributed by atoms with E-state index in [2.05, 4.69) is 4.98 Å². The number of nitro benzene ring substituents is 1. The number of aromatic nitrogens is 1. The predicted molar refractivity (Wildman–Crippen MR) is 80.8 cm³/mol. The van der Waals surface area contributed by atoms with E-state index >= 15 is 0 Å². The molecule has 0 bridgehead atoms. The molecule has 0 aliphatic heterocycles. The third-order valence-corrected chi connectivity index (χ3v) is 5.28. The second kappa shape index (κ2) is 6.00. The summed E-state index contributed by atoms with van der Waals surface area (Å²) in [5.41, 5.74) is 0.974. The van der Waals surface area contributed by atoms with E-state index < -0.39 is 10.9 Å². The maximum absolute atomic E-state index is 11.0. The predicted octanol–water partition coefficient (Wildman–Crippen LogP) is 4.17. The molecule has 1 aromatic heterocycles. The highest BCUT2D eigenvalue weighted by atomic mass is 35.5. The van der Waals surface area contributed by atoms with Gasteiger partial charge in [-0.2, -0.15) is 0 Å². The number of thiazole rings is 1. The van der Waals surface area contributed by atoms with Gasteiger partial charge in [-0.1, -0.05) is 23.4 Å². The fraction of sp³-hybridized carbons (Fsp3) is 0.167. The Balaban J connectivity index is 2.36. The van der Waals surface area contributed by atoms with Gasteiger partial charge in [-0.05, 0) is 25.5 Å². The van der Waals surface area contributed by atoms with E-state index in [4.69, 9.17) is 16.7 Å². The number of nitro groups is 1. The van der Waals surface area contributed by atoms with Crippen molar-refractivity contribution in [3.8, 4) is 0 Å². The van der Waals surface area contributed by atoms with Gasteiger partial charge in [0.15, 0.2) is 4.34 Å². The summed E-state index contributed by atoms with van der Waals surface area (Å²) in [5.74, 6) is -1.02. The summed E-state index contributed by atoms with van der Waals surface area (Å²) in [6.07, 6.45) is 0. The van der Waals surface area contributed by atoms with Crippen LogP contribution >= 0.6 is 34.7 Å². The molecule has 0 saturated heterocycles. The molecule has 1 aromatic carbocycles. The maximum Gasteiger partial charge on any atom is 0.347 e. The number of nitrogens with zero attached hydrogens (tertiary/aromatic N) is 2. The molecule has 0 saturated carbocycles. The van der Waals surface area contributed by atoms with Crippen molar-refractivity contribution in [3.63, 3.8) is 0 Å². The first-order valence-electron chi connectivity index (χ1n) is 5.62. The van der Waals surface area contributed by atoms with E-state index in [1.165, 1.54) is 23.9 Å². The summed E-state index contributed by atoms with van der Waals surface area (Å²) in [5, 5.41) is 19.9. The average molecular weight is 345 g/mol. The molecule has 0 aliphatic carbocycles. The van der Waals surface area contributed by atoms with E-state index in [0.29, 0.717) is 20.5 Å². The van der Waals surface area contributed by atoms with Crippen molar-refractivity contribution in [1.82, 2.24) is 4.98 Å². The van der Waals surface area contributed by atoms with Crippen LogP contribution in [0.2, 0.25) is 5.02 Å². The number of carboxylic acids is 1. The number of hydrogen-bond donors (Lipinski definition) is 1. The molecular formula is C12H9ClN2O4S2. The normalized spacial score (nSPS) is 10.6. The van der Waals surface area contributed by atoms with Crippen LogP contribution in [0, 0.1) is 24.0 Å². The highest BCUT2D eigenvalue weighted by Gasteiger charge is 2.18. The quantitative estimate of drug-likeness (QED) is 0.660. The lowest BCUT2D eigenvalue weighted by Crippen LogP contribution is -1.94. The summed E-state index contributed by atoms with van der Waals surface area (Å²) in [4.78, 5) is 26.3. The Labute approximate surface area is 132 Å². The highest BCUT2D eigenvalue weighted by Crippen LogP contribution is 2.38. The summed E-state index contributed by atoms with van der Waals surface area (Å²) in [6, 6.07) is 2.89. The van der Waals surface area contributed by atoms with Crippen LogP contribution < -0.4 is 0 Å². The number of benzene rings is 1. The van der Waals surface area contributed by atoms with Crippen molar-refractivity contribution in [2.45, 2.75) is 23.1 Å². The molecule has 0 fully saturated rings. The monoisotopic (exact) mass is 344 g/mol. The van der Waals surface area contributed by atoms with Crippen molar-refractivity contribution < 1.29 is 14.8 Å². The molecule has 9 heteroatoms. The van der Waals surface area contributed by atoms with Gasteiger partial charge in [0.1, 0.15) is 9.90 Å². The molecule has 0 unspecified atom stereocenters. The molecule has 0 atom stereocenters. The topological polar surface area (TPSA) is 93.3 Å². The van der Waals surface area contributed by atoms with Crippen LogP contribution in [0.15, 0.2) is 21.4 Å². The van der Waals surface area contributed by atoms with Gasteiger partial charge in [0.05, 0.1) is 10.6 Å². The fourth-order valence-electron chi connectivity index (χ4n) is 1.61. The number of halogens is 1. The molecule has 21 heavy (non-hydrogen) atoms. The lowest BCUT2D eigenvalue weighted by molar-refractivity contribution is -0.384. The fourth-order valence-corrected chi connectivity index (χ4v) is 3.99. The van der Waals surface area contributed by atoms with E-state index in [-0.39, 0.29) is 15.6 Å². The molecule has 1 heterocycles.